The Hall–Kier alpha value is -1.45. The molecule has 3 heterocycles. The van der Waals surface area contributed by atoms with E-state index in [1.807, 2.05) is 0 Å². The first-order valence-electron chi connectivity index (χ1n) is 11.1. The summed E-state index contributed by atoms with van der Waals surface area (Å²) >= 11 is 1.11. The van der Waals surface area contributed by atoms with Crippen LogP contribution in [0, 0.1) is 5.92 Å². The lowest BCUT2D eigenvalue weighted by atomic mass is 9.93. The van der Waals surface area contributed by atoms with Crippen LogP contribution in [0.3, 0.4) is 0 Å². The largest absolute Gasteiger partial charge is 0.353 e. The number of carbonyl (C=O) groups is 2. The molecule has 0 unspecified atom stereocenters. The quantitative estimate of drug-likeness (QED) is 0.743. The molecule has 2 saturated heterocycles. The Morgan fingerprint density at radius 1 is 0.933 bits per heavy atom. The summed E-state index contributed by atoms with van der Waals surface area (Å²) in [5.74, 6) is -0.120. The number of thiophene rings is 1. The van der Waals surface area contributed by atoms with Gasteiger partial charge in [-0.05, 0) is 44.6 Å². The van der Waals surface area contributed by atoms with E-state index in [9.17, 15) is 18.0 Å². The molecule has 1 N–H and O–H groups in total. The van der Waals surface area contributed by atoms with Gasteiger partial charge in [-0.25, -0.2) is 8.42 Å². The van der Waals surface area contributed by atoms with Gasteiger partial charge >= 0.3 is 0 Å². The number of carbonyl (C=O) groups excluding carboxylic acids is 2. The van der Waals surface area contributed by atoms with Crippen LogP contribution in [0.4, 0.5) is 0 Å². The first-order valence-corrected chi connectivity index (χ1v) is 13.5. The average molecular weight is 454 g/mol. The summed E-state index contributed by atoms with van der Waals surface area (Å²) in [5.41, 5.74) is 0.460. The molecule has 2 aliphatic heterocycles. The van der Waals surface area contributed by atoms with Crippen molar-refractivity contribution in [3.8, 4) is 0 Å². The molecule has 3 fully saturated rings. The summed E-state index contributed by atoms with van der Waals surface area (Å²) < 4.78 is 27.8. The molecule has 0 atom stereocenters. The highest BCUT2D eigenvalue weighted by Crippen LogP contribution is 2.29. The van der Waals surface area contributed by atoms with E-state index in [1.165, 1.54) is 29.6 Å². The van der Waals surface area contributed by atoms with Gasteiger partial charge in [0.1, 0.15) is 4.21 Å². The van der Waals surface area contributed by atoms with E-state index in [2.05, 4.69) is 5.32 Å². The van der Waals surface area contributed by atoms with Crippen molar-refractivity contribution in [2.24, 2.45) is 5.92 Å². The Labute approximate surface area is 182 Å². The van der Waals surface area contributed by atoms with E-state index in [4.69, 9.17) is 0 Å². The van der Waals surface area contributed by atoms with E-state index in [1.54, 1.807) is 10.3 Å². The van der Waals surface area contributed by atoms with Crippen molar-refractivity contribution in [1.82, 2.24) is 14.5 Å². The van der Waals surface area contributed by atoms with Crippen LogP contribution in [0.1, 0.15) is 68.1 Å². The van der Waals surface area contributed by atoms with Gasteiger partial charge in [0.05, 0.1) is 5.56 Å². The smallest absolute Gasteiger partial charge is 0.254 e. The molecule has 0 radical (unpaired) electrons. The minimum absolute atomic E-state index is 0.0774. The summed E-state index contributed by atoms with van der Waals surface area (Å²) in [7, 11) is -3.63. The second kappa shape index (κ2) is 9.36. The molecule has 1 aromatic heterocycles. The third-order valence-electron chi connectivity index (χ3n) is 6.59. The van der Waals surface area contributed by atoms with Gasteiger partial charge in [0.25, 0.3) is 15.9 Å². The summed E-state index contributed by atoms with van der Waals surface area (Å²) in [6, 6.07) is 1.80. The van der Waals surface area contributed by atoms with E-state index in [0.717, 1.165) is 50.1 Å². The molecule has 0 spiro atoms. The monoisotopic (exact) mass is 453 g/mol. The summed E-state index contributed by atoms with van der Waals surface area (Å²) in [5, 5.41) is 4.82. The molecule has 4 rings (SSSR count). The molecule has 7 nitrogen and oxygen atoms in total. The van der Waals surface area contributed by atoms with E-state index in [0.29, 0.717) is 31.5 Å². The van der Waals surface area contributed by atoms with Gasteiger partial charge in [-0.1, -0.05) is 19.3 Å². The molecule has 1 saturated carbocycles. The number of likely N-dealkylation sites (tertiary alicyclic amines) is 1. The second-order valence-corrected chi connectivity index (χ2v) is 11.8. The highest BCUT2D eigenvalue weighted by Gasteiger charge is 2.34. The molecule has 9 heteroatoms. The third kappa shape index (κ3) is 4.73. The fourth-order valence-corrected chi connectivity index (χ4v) is 7.49. The molecule has 166 valence electrons. The van der Waals surface area contributed by atoms with Crippen LogP contribution in [0.5, 0.6) is 0 Å². The maximum Gasteiger partial charge on any atom is 0.254 e. The summed E-state index contributed by atoms with van der Waals surface area (Å²) in [6.45, 7) is 2.18. The van der Waals surface area contributed by atoms with Gasteiger partial charge in [-0.15, -0.1) is 11.3 Å². The lowest BCUT2D eigenvalue weighted by molar-refractivity contribution is -0.127. The van der Waals surface area contributed by atoms with Crippen molar-refractivity contribution in [1.29, 1.82) is 0 Å². The Morgan fingerprint density at radius 3 is 2.27 bits per heavy atom. The van der Waals surface area contributed by atoms with Gasteiger partial charge in [0, 0.05) is 43.5 Å². The Bertz CT molecular complexity index is 863. The predicted octanol–water partition coefficient (Wildman–Crippen LogP) is 2.83. The minimum Gasteiger partial charge on any atom is -0.353 e. The van der Waals surface area contributed by atoms with Gasteiger partial charge < -0.3 is 10.2 Å². The zero-order chi connectivity index (χ0) is 21.1. The standard InChI is InChI=1S/C21H31N3O4S2/c25-20(22-18-6-2-1-3-7-18)16-8-12-24(13-9-16)30(27,28)19-14-17(15-29-19)21(26)23-10-4-5-11-23/h14-16,18H,1-13H2,(H,22,25). The average Bonchev–Trinajstić information content (AvgIpc) is 3.47. The fraction of sp³-hybridized carbons (Fsp3) is 0.714. The highest BCUT2D eigenvalue weighted by atomic mass is 32.2. The minimum atomic E-state index is -3.63. The predicted molar refractivity (Wildman–Crippen MR) is 116 cm³/mol. The Balaban J connectivity index is 1.33. The normalized spacial score (nSPS) is 22.3. The van der Waals surface area contributed by atoms with E-state index >= 15 is 0 Å². The SMILES string of the molecule is O=C(NC1CCCCC1)C1CCN(S(=O)(=O)c2cc(C(=O)N3CCCC3)cs2)CC1. The lowest BCUT2D eigenvalue weighted by Gasteiger charge is -2.31. The highest BCUT2D eigenvalue weighted by molar-refractivity contribution is 7.91. The van der Waals surface area contributed by atoms with Crippen molar-refractivity contribution in [2.45, 2.75) is 68.0 Å². The van der Waals surface area contributed by atoms with E-state index in [-0.39, 0.29) is 28.0 Å². The summed E-state index contributed by atoms with van der Waals surface area (Å²) in [6.07, 6.45) is 8.79. The maximum absolute atomic E-state index is 13.0. The van der Waals surface area contributed by atoms with Crippen molar-refractivity contribution in [3.05, 3.63) is 17.0 Å². The van der Waals surface area contributed by atoms with Crippen molar-refractivity contribution >= 4 is 33.2 Å². The first-order chi connectivity index (χ1) is 14.4. The number of hydrogen-bond donors (Lipinski definition) is 1. The van der Waals surface area contributed by atoms with Crippen molar-refractivity contribution < 1.29 is 18.0 Å². The van der Waals surface area contributed by atoms with Crippen LogP contribution in [0.25, 0.3) is 0 Å². The van der Waals surface area contributed by atoms with Crippen LogP contribution in [0.2, 0.25) is 0 Å². The molecular weight excluding hydrogens is 422 g/mol. The second-order valence-electron chi connectivity index (χ2n) is 8.68. The van der Waals surface area contributed by atoms with Gasteiger partial charge in [0.2, 0.25) is 5.91 Å². The van der Waals surface area contributed by atoms with Gasteiger partial charge in [0.15, 0.2) is 0 Å². The third-order valence-corrected chi connectivity index (χ3v) is 9.90. The van der Waals surface area contributed by atoms with Crippen LogP contribution in [-0.4, -0.2) is 61.7 Å². The number of nitrogens with one attached hydrogen (secondary N) is 1. The van der Waals surface area contributed by atoms with Crippen molar-refractivity contribution in [3.63, 3.8) is 0 Å². The van der Waals surface area contributed by atoms with Crippen molar-refractivity contribution in [2.75, 3.05) is 26.2 Å². The fourth-order valence-electron chi connectivity index (χ4n) is 4.72. The number of nitrogens with zero attached hydrogens (tertiary/aromatic N) is 2. The summed E-state index contributed by atoms with van der Waals surface area (Å²) in [4.78, 5) is 26.9. The zero-order valence-electron chi connectivity index (χ0n) is 17.3. The molecular formula is C21H31N3O4S2. The number of hydrogen-bond acceptors (Lipinski definition) is 5. The molecule has 0 aromatic carbocycles. The molecule has 0 bridgehead atoms. The number of sulfonamides is 1. The van der Waals surface area contributed by atoms with Crippen LogP contribution in [-0.2, 0) is 14.8 Å². The van der Waals surface area contributed by atoms with Gasteiger partial charge in [-0.2, -0.15) is 4.31 Å². The molecule has 1 aromatic rings. The number of amides is 2. The van der Waals surface area contributed by atoms with Crippen LogP contribution in [0.15, 0.2) is 15.7 Å². The van der Waals surface area contributed by atoms with Crippen LogP contribution < -0.4 is 5.32 Å². The van der Waals surface area contributed by atoms with E-state index < -0.39 is 10.0 Å². The topological polar surface area (TPSA) is 86.8 Å². The molecule has 1 aliphatic carbocycles. The zero-order valence-corrected chi connectivity index (χ0v) is 19.0. The lowest BCUT2D eigenvalue weighted by Crippen LogP contribution is -2.45. The van der Waals surface area contributed by atoms with Crippen LogP contribution >= 0.6 is 11.3 Å². The molecule has 30 heavy (non-hydrogen) atoms. The molecule has 2 amide bonds. The number of piperidine rings is 1. The maximum atomic E-state index is 13.0. The van der Waals surface area contributed by atoms with Gasteiger partial charge in [-0.3, -0.25) is 9.59 Å². The number of rotatable bonds is 5. The first kappa shape index (κ1) is 21.8. The Kier molecular flexibility index (Phi) is 6.79. The molecule has 3 aliphatic rings. The Morgan fingerprint density at radius 2 is 1.60 bits per heavy atom.